The predicted octanol–water partition coefficient (Wildman–Crippen LogP) is 5.71. The maximum atomic E-state index is 6.37. The van der Waals surface area contributed by atoms with Gasteiger partial charge in [0.2, 0.25) is 5.95 Å². The van der Waals surface area contributed by atoms with E-state index in [-0.39, 0.29) is 6.04 Å². The van der Waals surface area contributed by atoms with Crippen LogP contribution in [-0.2, 0) is 0 Å². The highest BCUT2D eigenvalue weighted by atomic mass is 35.5. The minimum atomic E-state index is -0.0981. The number of nitrogens with one attached hydrogen (secondary N) is 1. The second-order valence-corrected chi connectivity index (χ2v) is 6.62. The number of benzene rings is 1. The van der Waals surface area contributed by atoms with E-state index in [2.05, 4.69) is 15.3 Å². The summed E-state index contributed by atoms with van der Waals surface area (Å²) < 4.78 is 1.83. The molecule has 2 aromatic heterocycles. The Morgan fingerprint density at radius 2 is 1.79 bits per heavy atom. The van der Waals surface area contributed by atoms with Crippen molar-refractivity contribution < 1.29 is 0 Å². The highest BCUT2D eigenvalue weighted by molar-refractivity contribution is 6.35. The fourth-order valence-corrected chi connectivity index (χ4v) is 3.07. The third kappa shape index (κ3) is 3.51. The van der Waals surface area contributed by atoms with Gasteiger partial charge >= 0.3 is 0 Å². The molecule has 0 radical (unpaired) electrons. The zero-order valence-electron chi connectivity index (χ0n) is 13.1. The molecule has 0 saturated heterocycles. The van der Waals surface area contributed by atoms with Gasteiger partial charge in [0.05, 0.1) is 11.7 Å². The van der Waals surface area contributed by atoms with Gasteiger partial charge in [0.15, 0.2) is 5.82 Å². The fraction of sp³-hybridized carbons (Fsp3) is 0.176. The van der Waals surface area contributed by atoms with Gasteiger partial charge in [-0.1, -0.05) is 40.9 Å². The van der Waals surface area contributed by atoms with Crippen molar-refractivity contribution in [3.05, 3.63) is 69.1 Å². The van der Waals surface area contributed by atoms with E-state index >= 15 is 0 Å². The number of anilines is 1. The first-order valence-electron chi connectivity index (χ1n) is 7.34. The van der Waals surface area contributed by atoms with E-state index in [9.17, 15) is 0 Å². The van der Waals surface area contributed by atoms with Crippen molar-refractivity contribution in [2.75, 3.05) is 5.32 Å². The Balaban J connectivity index is 1.94. The lowest BCUT2D eigenvalue weighted by Gasteiger charge is -2.18. The Morgan fingerprint density at radius 1 is 1.08 bits per heavy atom. The van der Waals surface area contributed by atoms with Crippen LogP contribution in [0.25, 0.3) is 5.95 Å². The molecular weight excluding hydrogens is 367 g/mol. The van der Waals surface area contributed by atoms with Gasteiger partial charge in [0.25, 0.3) is 0 Å². The van der Waals surface area contributed by atoms with Crippen LogP contribution in [0.5, 0.6) is 0 Å². The lowest BCUT2D eigenvalue weighted by Crippen LogP contribution is -2.12. The van der Waals surface area contributed by atoms with Gasteiger partial charge in [0.1, 0.15) is 5.02 Å². The summed E-state index contributed by atoms with van der Waals surface area (Å²) in [5, 5.41) is 4.99. The molecule has 3 rings (SSSR count). The van der Waals surface area contributed by atoms with Gasteiger partial charge < -0.3 is 5.32 Å². The zero-order chi connectivity index (χ0) is 17.3. The maximum absolute atomic E-state index is 6.37. The summed E-state index contributed by atoms with van der Waals surface area (Å²) in [5.74, 6) is 1.12. The number of hydrogen-bond acceptors (Lipinski definition) is 3. The molecule has 24 heavy (non-hydrogen) atoms. The number of rotatable bonds is 4. The van der Waals surface area contributed by atoms with E-state index in [1.807, 2.05) is 49.0 Å². The zero-order valence-corrected chi connectivity index (χ0v) is 15.4. The van der Waals surface area contributed by atoms with Crippen molar-refractivity contribution in [3.8, 4) is 5.95 Å². The second-order valence-electron chi connectivity index (χ2n) is 5.39. The SMILES string of the molecule is Cc1nc(-n2cccc2)nc(N[C@H](C)c2ccc(Cl)cc2Cl)c1Cl. The molecule has 0 fully saturated rings. The van der Waals surface area contributed by atoms with Crippen LogP contribution in [0.2, 0.25) is 15.1 Å². The molecule has 4 nitrogen and oxygen atoms in total. The molecular formula is C17H15Cl3N4. The molecule has 0 aliphatic heterocycles. The summed E-state index contributed by atoms with van der Waals surface area (Å²) >= 11 is 18.6. The topological polar surface area (TPSA) is 42.7 Å². The summed E-state index contributed by atoms with van der Waals surface area (Å²) in [6, 6.07) is 9.14. The van der Waals surface area contributed by atoms with Gasteiger partial charge in [-0.25, -0.2) is 4.98 Å². The standard InChI is InChI=1S/C17H15Cl3N4/c1-10(13-6-5-12(18)9-14(13)19)21-16-15(20)11(2)22-17(23-16)24-7-3-4-8-24/h3-10H,1-2H3,(H,21,22,23)/t10-/m1/s1. The average Bonchev–Trinajstić information content (AvgIpc) is 3.05. The highest BCUT2D eigenvalue weighted by Gasteiger charge is 2.16. The maximum Gasteiger partial charge on any atom is 0.235 e. The molecule has 1 atom stereocenters. The molecule has 0 unspecified atom stereocenters. The average molecular weight is 382 g/mol. The molecule has 0 bridgehead atoms. The predicted molar refractivity (Wildman–Crippen MR) is 99.6 cm³/mol. The number of aromatic nitrogens is 3. The van der Waals surface area contributed by atoms with Gasteiger partial charge in [-0.15, -0.1) is 0 Å². The fourth-order valence-electron chi connectivity index (χ4n) is 2.36. The lowest BCUT2D eigenvalue weighted by atomic mass is 10.1. The first-order valence-corrected chi connectivity index (χ1v) is 8.48. The second kappa shape index (κ2) is 7.01. The smallest absolute Gasteiger partial charge is 0.235 e. The Hall–Kier alpha value is -1.75. The number of halogens is 3. The Labute approximate surface area is 155 Å². The van der Waals surface area contributed by atoms with E-state index in [1.165, 1.54) is 0 Å². The Kier molecular flexibility index (Phi) is 4.99. The van der Waals surface area contributed by atoms with Crippen LogP contribution >= 0.6 is 34.8 Å². The van der Waals surface area contributed by atoms with Crippen LogP contribution in [0.15, 0.2) is 42.7 Å². The van der Waals surface area contributed by atoms with Gasteiger partial charge in [0, 0.05) is 22.4 Å². The van der Waals surface area contributed by atoms with E-state index in [4.69, 9.17) is 34.8 Å². The molecule has 1 aromatic carbocycles. The molecule has 0 aliphatic carbocycles. The molecule has 124 valence electrons. The molecule has 0 saturated carbocycles. The number of hydrogen-bond donors (Lipinski definition) is 1. The molecule has 3 aromatic rings. The molecule has 1 N–H and O–H groups in total. The molecule has 2 heterocycles. The van der Waals surface area contributed by atoms with Crippen molar-refractivity contribution in [2.45, 2.75) is 19.9 Å². The van der Waals surface area contributed by atoms with Crippen LogP contribution in [-0.4, -0.2) is 14.5 Å². The van der Waals surface area contributed by atoms with Crippen LogP contribution < -0.4 is 5.32 Å². The number of aryl methyl sites for hydroxylation is 1. The molecule has 7 heteroatoms. The van der Waals surface area contributed by atoms with E-state index in [1.54, 1.807) is 12.1 Å². The third-order valence-corrected chi connectivity index (χ3v) is 4.64. The summed E-state index contributed by atoms with van der Waals surface area (Å²) in [7, 11) is 0. The van der Waals surface area contributed by atoms with Gasteiger partial charge in [-0.2, -0.15) is 4.98 Å². The quantitative estimate of drug-likeness (QED) is 0.629. The van der Waals surface area contributed by atoms with E-state index in [0.717, 1.165) is 5.56 Å². The molecule has 0 aliphatic rings. The summed E-state index contributed by atoms with van der Waals surface area (Å²) in [6.45, 7) is 3.83. The van der Waals surface area contributed by atoms with Gasteiger partial charge in [-0.05, 0) is 43.7 Å². The summed E-state index contributed by atoms with van der Waals surface area (Å²) in [5.41, 5.74) is 1.61. The summed E-state index contributed by atoms with van der Waals surface area (Å²) in [4.78, 5) is 8.95. The van der Waals surface area contributed by atoms with E-state index < -0.39 is 0 Å². The Bertz CT molecular complexity index is 863. The monoisotopic (exact) mass is 380 g/mol. The first-order chi connectivity index (χ1) is 11.5. The van der Waals surface area contributed by atoms with Crippen molar-refractivity contribution in [3.63, 3.8) is 0 Å². The van der Waals surface area contributed by atoms with Crippen LogP contribution in [0, 0.1) is 6.92 Å². The largest absolute Gasteiger partial charge is 0.362 e. The minimum absolute atomic E-state index is 0.0981. The van der Waals surface area contributed by atoms with Crippen LogP contribution in [0.4, 0.5) is 5.82 Å². The minimum Gasteiger partial charge on any atom is -0.362 e. The lowest BCUT2D eigenvalue weighted by molar-refractivity contribution is 0.855. The summed E-state index contributed by atoms with van der Waals surface area (Å²) in [6.07, 6.45) is 3.76. The van der Waals surface area contributed by atoms with Crippen molar-refractivity contribution in [1.82, 2.24) is 14.5 Å². The molecule has 0 spiro atoms. The van der Waals surface area contributed by atoms with E-state index in [0.29, 0.717) is 32.5 Å². The highest BCUT2D eigenvalue weighted by Crippen LogP contribution is 2.31. The normalized spacial score (nSPS) is 12.2. The third-order valence-electron chi connectivity index (χ3n) is 3.62. The van der Waals surface area contributed by atoms with Crippen LogP contribution in [0.1, 0.15) is 24.2 Å². The van der Waals surface area contributed by atoms with Crippen molar-refractivity contribution in [1.29, 1.82) is 0 Å². The van der Waals surface area contributed by atoms with Crippen LogP contribution in [0.3, 0.4) is 0 Å². The van der Waals surface area contributed by atoms with Crippen molar-refractivity contribution in [2.24, 2.45) is 0 Å². The Morgan fingerprint density at radius 3 is 2.46 bits per heavy atom. The first kappa shape index (κ1) is 17.1. The molecule has 0 amide bonds. The van der Waals surface area contributed by atoms with Crippen molar-refractivity contribution >= 4 is 40.6 Å². The number of nitrogens with zero attached hydrogens (tertiary/aromatic N) is 3. The van der Waals surface area contributed by atoms with Gasteiger partial charge in [-0.3, -0.25) is 4.57 Å².